The van der Waals surface area contributed by atoms with Crippen LogP contribution in [-0.2, 0) is 30.2 Å². The molecule has 1 fully saturated rings. The number of amides is 3. The molecule has 0 aromatic heterocycles. The van der Waals surface area contributed by atoms with Gasteiger partial charge in [-0.15, -0.1) is 0 Å². The topological polar surface area (TPSA) is 142 Å². The monoisotopic (exact) mass is 517 g/mol. The van der Waals surface area contributed by atoms with Gasteiger partial charge in [-0.3, -0.25) is 9.35 Å². The number of carbonyl (C=O) groups excluding carboxylic acids is 3. The van der Waals surface area contributed by atoms with Crippen molar-refractivity contribution in [2.24, 2.45) is 0 Å². The number of hydrogen-bond donors (Lipinski definition) is 3. The number of nitrogens with zero attached hydrogens (tertiary/aromatic N) is 1. The Balaban J connectivity index is 1.69. The first kappa shape index (κ1) is 27.2. The highest BCUT2D eigenvalue weighted by atomic mass is 32.2. The lowest BCUT2D eigenvalue weighted by atomic mass is 10.0. The lowest BCUT2D eigenvalue weighted by Crippen LogP contribution is -2.48. The van der Waals surface area contributed by atoms with Crippen molar-refractivity contribution in [3.05, 3.63) is 65.7 Å². The van der Waals surface area contributed by atoms with E-state index in [0.29, 0.717) is 12.8 Å². The Morgan fingerprint density at radius 2 is 1.75 bits per heavy atom. The molecule has 1 heterocycles. The minimum absolute atomic E-state index is 0.286. The zero-order valence-corrected chi connectivity index (χ0v) is 21.2. The summed E-state index contributed by atoms with van der Waals surface area (Å²) >= 11 is 0. The van der Waals surface area contributed by atoms with Gasteiger partial charge in [-0.1, -0.05) is 42.5 Å². The summed E-state index contributed by atoms with van der Waals surface area (Å²) in [7, 11) is -4.22. The quantitative estimate of drug-likeness (QED) is 0.378. The molecule has 0 aliphatic carbocycles. The minimum atomic E-state index is -4.22. The maximum atomic E-state index is 13.3. The Morgan fingerprint density at radius 1 is 1.06 bits per heavy atom. The fourth-order valence-electron chi connectivity index (χ4n) is 4.13. The van der Waals surface area contributed by atoms with Gasteiger partial charge in [0.2, 0.25) is 5.91 Å². The molecule has 11 heteroatoms. The third-order valence-corrected chi connectivity index (χ3v) is 6.17. The van der Waals surface area contributed by atoms with Crippen LogP contribution in [0.25, 0.3) is 0 Å². The maximum Gasteiger partial charge on any atom is 0.329 e. The predicted molar refractivity (Wildman–Crippen MR) is 134 cm³/mol. The van der Waals surface area contributed by atoms with E-state index in [0.717, 1.165) is 5.56 Å². The van der Waals surface area contributed by atoms with Gasteiger partial charge in [0.25, 0.3) is 10.1 Å². The maximum absolute atomic E-state index is 13.3. The molecule has 36 heavy (non-hydrogen) atoms. The summed E-state index contributed by atoms with van der Waals surface area (Å²) in [4.78, 5) is 40.1. The number of nitrogens with one attached hydrogen (secondary N) is 2. The number of urea groups is 1. The van der Waals surface area contributed by atoms with Crippen molar-refractivity contribution in [3.63, 3.8) is 0 Å². The molecule has 2 aromatic carbocycles. The van der Waals surface area contributed by atoms with Crippen LogP contribution >= 0.6 is 0 Å². The highest BCUT2D eigenvalue weighted by Crippen LogP contribution is 2.37. The number of likely N-dealkylation sites (tertiary alicyclic amines) is 1. The Hall–Kier alpha value is -3.44. The van der Waals surface area contributed by atoms with Crippen molar-refractivity contribution in [1.82, 2.24) is 10.2 Å². The molecule has 2 aromatic rings. The molecule has 3 rings (SSSR count). The number of ether oxygens (including phenoxy) is 1. The molecule has 0 spiro atoms. The van der Waals surface area contributed by atoms with Gasteiger partial charge in [0.05, 0.1) is 12.6 Å². The van der Waals surface area contributed by atoms with Gasteiger partial charge in [-0.2, -0.15) is 8.42 Å². The van der Waals surface area contributed by atoms with Crippen molar-refractivity contribution < 1.29 is 32.1 Å². The Kier molecular flexibility index (Phi) is 8.36. The van der Waals surface area contributed by atoms with Crippen LogP contribution < -0.4 is 10.6 Å². The largest absolute Gasteiger partial charge is 0.458 e. The average molecular weight is 518 g/mol. The normalized spacial score (nSPS) is 17.9. The lowest BCUT2D eigenvalue weighted by Gasteiger charge is -2.31. The summed E-state index contributed by atoms with van der Waals surface area (Å²) in [5, 5.41) is 5.03. The van der Waals surface area contributed by atoms with E-state index in [9.17, 15) is 22.8 Å². The summed E-state index contributed by atoms with van der Waals surface area (Å²) < 4.78 is 36.8. The second kappa shape index (κ2) is 11.1. The molecule has 0 bridgehead atoms. The van der Waals surface area contributed by atoms with Gasteiger partial charge >= 0.3 is 12.0 Å². The van der Waals surface area contributed by atoms with Crippen LogP contribution in [0.3, 0.4) is 0 Å². The van der Waals surface area contributed by atoms with Gasteiger partial charge < -0.3 is 20.3 Å². The molecule has 2 unspecified atom stereocenters. The number of carbonyl (C=O) groups is 3. The number of benzene rings is 2. The molecule has 10 nitrogen and oxygen atoms in total. The van der Waals surface area contributed by atoms with E-state index >= 15 is 0 Å². The van der Waals surface area contributed by atoms with Crippen LogP contribution in [0.4, 0.5) is 10.5 Å². The molecule has 3 amide bonds. The molecule has 2 atom stereocenters. The number of hydrogen-bond acceptors (Lipinski definition) is 6. The second-order valence-electron chi connectivity index (χ2n) is 9.59. The fourth-order valence-corrected chi connectivity index (χ4v) is 4.74. The third-order valence-electron chi connectivity index (χ3n) is 5.47. The van der Waals surface area contributed by atoms with Crippen molar-refractivity contribution in [2.45, 2.75) is 57.1 Å². The van der Waals surface area contributed by atoms with E-state index in [1.54, 1.807) is 26.8 Å². The fraction of sp³-hybridized carbons (Fsp3) is 0.400. The Morgan fingerprint density at radius 3 is 2.39 bits per heavy atom. The summed E-state index contributed by atoms with van der Waals surface area (Å²) in [5.74, 6) is -1.52. The first-order chi connectivity index (χ1) is 16.8. The van der Waals surface area contributed by atoms with Crippen molar-refractivity contribution >= 4 is 33.7 Å². The van der Waals surface area contributed by atoms with Gasteiger partial charge in [-0.25, -0.2) is 9.59 Å². The first-order valence-electron chi connectivity index (χ1n) is 11.5. The van der Waals surface area contributed by atoms with E-state index in [1.807, 2.05) is 30.3 Å². The molecule has 0 saturated carbocycles. The molecule has 1 aliphatic rings. The Bertz CT molecular complexity index is 1210. The van der Waals surface area contributed by atoms with Crippen molar-refractivity contribution in [3.8, 4) is 0 Å². The zero-order valence-electron chi connectivity index (χ0n) is 20.4. The SMILES string of the molecule is CC(C)(C)OC(=O)C1CCC(c2ccccc2)N1C(=O)CNC(=O)Nc1cccc(CS(=O)(=O)O)c1. The van der Waals surface area contributed by atoms with Crippen LogP contribution in [0, 0.1) is 0 Å². The average Bonchev–Trinajstić information content (AvgIpc) is 3.21. The van der Waals surface area contributed by atoms with Gasteiger partial charge in [-0.05, 0) is 56.9 Å². The zero-order chi connectivity index (χ0) is 26.5. The minimum Gasteiger partial charge on any atom is -0.458 e. The molecule has 0 radical (unpaired) electrons. The van der Waals surface area contributed by atoms with Crippen LogP contribution in [0.5, 0.6) is 0 Å². The highest BCUT2D eigenvalue weighted by Gasteiger charge is 2.43. The molecular formula is C25H31N3O7S. The van der Waals surface area contributed by atoms with Gasteiger partial charge in [0.15, 0.2) is 0 Å². The molecule has 1 saturated heterocycles. The highest BCUT2D eigenvalue weighted by molar-refractivity contribution is 7.85. The van der Waals surface area contributed by atoms with Crippen LogP contribution in [0.1, 0.15) is 50.8 Å². The van der Waals surface area contributed by atoms with E-state index in [4.69, 9.17) is 9.29 Å². The van der Waals surface area contributed by atoms with Crippen molar-refractivity contribution in [1.29, 1.82) is 0 Å². The molecule has 194 valence electrons. The molecule has 3 N–H and O–H groups in total. The Labute approximate surface area is 210 Å². The summed E-state index contributed by atoms with van der Waals surface area (Å²) in [6, 6.07) is 13.5. The van der Waals surface area contributed by atoms with Crippen LogP contribution in [0.2, 0.25) is 0 Å². The van der Waals surface area contributed by atoms with Crippen LogP contribution in [0.15, 0.2) is 54.6 Å². The van der Waals surface area contributed by atoms with E-state index < -0.39 is 45.4 Å². The van der Waals surface area contributed by atoms with Crippen LogP contribution in [-0.4, -0.2) is 54.0 Å². The summed E-state index contributed by atoms with van der Waals surface area (Å²) in [5.41, 5.74) is 0.751. The number of anilines is 1. The molecular weight excluding hydrogens is 486 g/mol. The summed E-state index contributed by atoms with van der Waals surface area (Å²) in [6.45, 7) is 4.92. The van der Waals surface area contributed by atoms with E-state index in [-0.39, 0.29) is 23.8 Å². The van der Waals surface area contributed by atoms with Crippen molar-refractivity contribution in [2.75, 3.05) is 11.9 Å². The number of esters is 1. The first-order valence-corrected chi connectivity index (χ1v) is 13.1. The van der Waals surface area contributed by atoms with Gasteiger partial charge in [0, 0.05) is 5.69 Å². The summed E-state index contributed by atoms with van der Waals surface area (Å²) in [6.07, 6.45) is 1.01. The number of rotatable bonds is 7. The lowest BCUT2D eigenvalue weighted by molar-refractivity contribution is -0.164. The standard InChI is InChI=1S/C25H31N3O7S/c1-25(2,3)35-23(30)21-13-12-20(18-9-5-4-6-10-18)28(21)22(29)15-26-24(31)27-19-11-7-8-17(14-19)16-36(32,33)34/h4-11,14,20-21H,12-13,15-16H2,1-3H3,(H2,26,27,31)(H,32,33,34). The smallest absolute Gasteiger partial charge is 0.329 e. The second-order valence-corrected chi connectivity index (χ2v) is 11.0. The van der Waals surface area contributed by atoms with E-state index in [1.165, 1.54) is 23.1 Å². The van der Waals surface area contributed by atoms with Gasteiger partial charge in [0.1, 0.15) is 17.4 Å². The molecule has 1 aliphatic heterocycles. The predicted octanol–water partition coefficient (Wildman–Crippen LogP) is 3.27. The third kappa shape index (κ3) is 7.79. The van der Waals surface area contributed by atoms with E-state index in [2.05, 4.69) is 10.6 Å².